The molecule has 0 spiro atoms. The minimum Gasteiger partial charge on any atom is -0.368 e. The zero-order chi connectivity index (χ0) is 15.5. The second-order valence-electron chi connectivity index (χ2n) is 5.58. The average Bonchev–Trinajstić information content (AvgIpc) is 2.57. The Hall–Kier alpha value is -2.00. The lowest BCUT2D eigenvalue weighted by Crippen LogP contribution is -2.47. The third kappa shape index (κ3) is 2.95. The molecule has 1 saturated heterocycles. The van der Waals surface area contributed by atoms with E-state index >= 15 is 0 Å². The molecule has 0 bridgehead atoms. The molecule has 1 aliphatic heterocycles. The van der Waals surface area contributed by atoms with E-state index in [1.165, 1.54) is 11.3 Å². The fourth-order valence-corrected chi connectivity index (χ4v) is 3.15. The SMILES string of the molecule is Cc1ccc(Cl)cc1N1CCN(c2ccccc2C=O)CC1. The molecule has 3 rings (SSSR count). The number of aryl methyl sites for hydroxylation is 1. The number of hydrogen-bond acceptors (Lipinski definition) is 3. The van der Waals surface area contributed by atoms with E-state index in [1.54, 1.807) is 0 Å². The highest BCUT2D eigenvalue weighted by Gasteiger charge is 2.20. The number of carbonyl (C=O) groups excluding carboxylic acids is 1. The van der Waals surface area contributed by atoms with Gasteiger partial charge < -0.3 is 9.80 Å². The summed E-state index contributed by atoms with van der Waals surface area (Å²) in [6.07, 6.45) is 0.933. The van der Waals surface area contributed by atoms with Crippen LogP contribution in [-0.2, 0) is 0 Å². The van der Waals surface area contributed by atoms with Crippen molar-refractivity contribution in [3.8, 4) is 0 Å². The van der Waals surface area contributed by atoms with Crippen molar-refractivity contribution in [3.05, 3.63) is 58.6 Å². The minimum atomic E-state index is 0.759. The molecule has 2 aromatic rings. The van der Waals surface area contributed by atoms with Crippen LogP contribution in [0.25, 0.3) is 0 Å². The molecule has 2 aromatic carbocycles. The van der Waals surface area contributed by atoms with Gasteiger partial charge in [0.05, 0.1) is 0 Å². The topological polar surface area (TPSA) is 23.6 Å². The zero-order valence-corrected chi connectivity index (χ0v) is 13.4. The van der Waals surface area contributed by atoms with Crippen LogP contribution in [0.4, 0.5) is 11.4 Å². The number of rotatable bonds is 3. The molecule has 0 aromatic heterocycles. The van der Waals surface area contributed by atoms with Crippen molar-refractivity contribution < 1.29 is 4.79 Å². The van der Waals surface area contributed by atoms with Gasteiger partial charge in [0.1, 0.15) is 0 Å². The predicted octanol–water partition coefficient (Wildman–Crippen LogP) is 3.79. The molecular formula is C18H19ClN2O. The lowest BCUT2D eigenvalue weighted by molar-refractivity contribution is 0.112. The number of piperazine rings is 1. The number of benzene rings is 2. The van der Waals surface area contributed by atoms with E-state index < -0.39 is 0 Å². The van der Waals surface area contributed by atoms with Crippen molar-refractivity contribution >= 4 is 29.3 Å². The molecule has 1 heterocycles. The lowest BCUT2D eigenvalue weighted by atomic mass is 10.1. The van der Waals surface area contributed by atoms with E-state index in [9.17, 15) is 4.79 Å². The fraction of sp³-hybridized carbons (Fsp3) is 0.278. The van der Waals surface area contributed by atoms with Crippen LogP contribution in [0.2, 0.25) is 5.02 Å². The molecule has 0 unspecified atom stereocenters. The molecule has 3 nitrogen and oxygen atoms in total. The fourth-order valence-electron chi connectivity index (χ4n) is 2.99. The van der Waals surface area contributed by atoms with Crippen LogP contribution >= 0.6 is 11.6 Å². The summed E-state index contributed by atoms with van der Waals surface area (Å²) in [5, 5.41) is 0.773. The second-order valence-corrected chi connectivity index (χ2v) is 6.02. The average molecular weight is 315 g/mol. The summed E-state index contributed by atoms with van der Waals surface area (Å²) < 4.78 is 0. The molecule has 0 radical (unpaired) electrons. The van der Waals surface area contributed by atoms with Gasteiger partial charge in [-0.15, -0.1) is 0 Å². The van der Waals surface area contributed by atoms with Crippen LogP contribution in [0.15, 0.2) is 42.5 Å². The van der Waals surface area contributed by atoms with Gasteiger partial charge in [0.15, 0.2) is 6.29 Å². The van der Waals surface area contributed by atoms with Crippen molar-refractivity contribution in [2.45, 2.75) is 6.92 Å². The van der Waals surface area contributed by atoms with Gasteiger partial charge in [-0.25, -0.2) is 0 Å². The smallest absolute Gasteiger partial charge is 0.152 e. The molecule has 114 valence electrons. The number of para-hydroxylation sites is 1. The van der Waals surface area contributed by atoms with Gasteiger partial charge in [-0.05, 0) is 36.8 Å². The first-order valence-electron chi connectivity index (χ1n) is 7.49. The number of nitrogens with zero attached hydrogens (tertiary/aromatic N) is 2. The number of hydrogen-bond donors (Lipinski definition) is 0. The monoisotopic (exact) mass is 314 g/mol. The summed E-state index contributed by atoms with van der Waals surface area (Å²) in [5.41, 5.74) is 4.23. The Balaban J connectivity index is 1.75. The van der Waals surface area contributed by atoms with Crippen LogP contribution in [0.5, 0.6) is 0 Å². The molecular weight excluding hydrogens is 296 g/mol. The highest BCUT2D eigenvalue weighted by Crippen LogP contribution is 2.27. The van der Waals surface area contributed by atoms with Crippen molar-refractivity contribution in [1.29, 1.82) is 0 Å². The standard InChI is InChI=1S/C18H19ClN2O/c1-14-6-7-16(19)12-18(14)21-10-8-20(9-11-21)17-5-3-2-4-15(17)13-22/h2-7,12-13H,8-11H2,1H3. The van der Waals surface area contributed by atoms with Crippen molar-refractivity contribution in [3.63, 3.8) is 0 Å². The largest absolute Gasteiger partial charge is 0.368 e. The molecule has 1 aliphatic rings. The Morgan fingerprint density at radius 3 is 2.27 bits per heavy atom. The maximum absolute atomic E-state index is 11.2. The molecule has 0 aliphatic carbocycles. The summed E-state index contributed by atoms with van der Waals surface area (Å²) in [7, 11) is 0. The summed E-state index contributed by atoms with van der Waals surface area (Å²) in [4.78, 5) is 15.8. The van der Waals surface area contributed by atoms with Gasteiger partial charge in [-0.3, -0.25) is 4.79 Å². The molecule has 1 fully saturated rings. The van der Waals surface area contributed by atoms with E-state index in [1.807, 2.05) is 36.4 Å². The number of carbonyl (C=O) groups is 1. The summed E-state index contributed by atoms with van der Waals surface area (Å²) in [6, 6.07) is 13.8. The van der Waals surface area contributed by atoms with E-state index in [4.69, 9.17) is 11.6 Å². The van der Waals surface area contributed by atoms with E-state index in [0.29, 0.717) is 0 Å². The number of anilines is 2. The second kappa shape index (κ2) is 6.41. The van der Waals surface area contributed by atoms with E-state index in [-0.39, 0.29) is 0 Å². The Bertz CT molecular complexity index is 679. The lowest BCUT2D eigenvalue weighted by Gasteiger charge is -2.38. The quantitative estimate of drug-likeness (QED) is 0.805. The van der Waals surface area contributed by atoms with Crippen molar-refractivity contribution in [1.82, 2.24) is 0 Å². The Morgan fingerprint density at radius 1 is 0.955 bits per heavy atom. The van der Waals surface area contributed by atoms with Crippen molar-refractivity contribution in [2.24, 2.45) is 0 Å². The first-order valence-corrected chi connectivity index (χ1v) is 7.87. The Labute approximate surface area is 136 Å². The van der Waals surface area contributed by atoms with E-state index in [2.05, 4.69) is 22.8 Å². The molecule has 0 atom stereocenters. The van der Waals surface area contributed by atoms with Gasteiger partial charge in [0.25, 0.3) is 0 Å². The predicted molar refractivity (Wildman–Crippen MR) is 92.4 cm³/mol. The summed E-state index contributed by atoms with van der Waals surface area (Å²) in [5.74, 6) is 0. The maximum atomic E-state index is 11.2. The van der Waals surface area contributed by atoms with Crippen molar-refractivity contribution in [2.75, 3.05) is 36.0 Å². The molecule has 0 amide bonds. The van der Waals surface area contributed by atoms with Gasteiger partial charge in [-0.2, -0.15) is 0 Å². The van der Waals surface area contributed by atoms with Crippen LogP contribution in [0, 0.1) is 6.92 Å². The normalized spacial score (nSPS) is 15.0. The third-order valence-electron chi connectivity index (χ3n) is 4.20. The van der Waals surface area contributed by atoms with Crippen LogP contribution in [0.3, 0.4) is 0 Å². The minimum absolute atomic E-state index is 0.759. The van der Waals surface area contributed by atoms with Crippen LogP contribution in [-0.4, -0.2) is 32.5 Å². The first kappa shape index (κ1) is 14.9. The highest BCUT2D eigenvalue weighted by atomic mass is 35.5. The maximum Gasteiger partial charge on any atom is 0.152 e. The molecule has 4 heteroatoms. The molecule has 0 saturated carbocycles. The van der Waals surface area contributed by atoms with Gasteiger partial charge in [0.2, 0.25) is 0 Å². The van der Waals surface area contributed by atoms with Gasteiger partial charge >= 0.3 is 0 Å². The van der Waals surface area contributed by atoms with E-state index in [0.717, 1.165) is 48.7 Å². The van der Waals surface area contributed by atoms with Crippen LogP contribution < -0.4 is 9.80 Å². The van der Waals surface area contributed by atoms with Gasteiger partial charge in [0, 0.05) is 48.1 Å². The number of halogens is 1. The number of aldehydes is 1. The Kier molecular flexibility index (Phi) is 4.34. The first-order chi connectivity index (χ1) is 10.7. The van der Waals surface area contributed by atoms with Crippen LogP contribution in [0.1, 0.15) is 15.9 Å². The van der Waals surface area contributed by atoms with Gasteiger partial charge in [-0.1, -0.05) is 29.8 Å². The zero-order valence-electron chi connectivity index (χ0n) is 12.6. The highest BCUT2D eigenvalue weighted by molar-refractivity contribution is 6.30. The molecule has 22 heavy (non-hydrogen) atoms. The third-order valence-corrected chi connectivity index (χ3v) is 4.43. The Morgan fingerprint density at radius 2 is 1.59 bits per heavy atom. The summed E-state index contributed by atoms with van der Waals surface area (Å²) >= 11 is 6.12. The molecule has 0 N–H and O–H groups in total. The summed E-state index contributed by atoms with van der Waals surface area (Å²) in [6.45, 7) is 5.76.